The molecule has 3 aromatic rings. The van der Waals surface area contributed by atoms with Gasteiger partial charge >= 0.3 is 0 Å². The number of anilines is 1. The number of benzene rings is 3. The van der Waals surface area contributed by atoms with E-state index >= 15 is 0 Å². The van der Waals surface area contributed by atoms with Crippen LogP contribution >= 0.6 is 0 Å². The van der Waals surface area contributed by atoms with Gasteiger partial charge in [0.1, 0.15) is 12.4 Å². The van der Waals surface area contributed by atoms with E-state index in [0.717, 1.165) is 52.2 Å². The Balaban J connectivity index is 1.42. The van der Waals surface area contributed by atoms with E-state index in [-0.39, 0.29) is 17.6 Å². The van der Waals surface area contributed by atoms with Crippen molar-refractivity contribution in [3.05, 3.63) is 106 Å². The first-order chi connectivity index (χ1) is 16.5. The molecule has 0 aromatic heterocycles. The number of nitrogens with zero attached hydrogens (tertiary/aromatic N) is 1. The molecular formula is C30H29NO3. The molecule has 1 aliphatic carbocycles. The van der Waals surface area contributed by atoms with Crippen molar-refractivity contribution in [3.8, 4) is 5.75 Å². The average Bonchev–Trinajstić information content (AvgIpc) is 2.84. The third-order valence-corrected chi connectivity index (χ3v) is 6.74. The molecule has 1 amide bonds. The van der Waals surface area contributed by atoms with Crippen LogP contribution in [-0.2, 0) is 16.2 Å². The molecule has 34 heavy (non-hydrogen) atoms. The number of hydrogen-bond acceptors (Lipinski definition) is 3. The Bertz CT molecular complexity index is 1250. The number of Topliss-reactive ketones (excluding diaryl/α,β-unsaturated/α-hetero) is 1. The first kappa shape index (κ1) is 22.1. The summed E-state index contributed by atoms with van der Waals surface area (Å²) < 4.78 is 5.97. The van der Waals surface area contributed by atoms with Crippen molar-refractivity contribution in [1.82, 2.24) is 0 Å². The first-order valence-corrected chi connectivity index (χ1v) is 11.9. The van der Waals surface area contributed by atoms with E-state index in [1.807, 2.05) is 61.5 Å². The molecule has 1 heterocycles. The maximum Gasteiger partial charge on any atom is 0.232 e. The van der Waals surface area contributed by atoms with Crippen molar-refractivity contribution in [1.29, 1.82) is 0 Å². The molecule has 0 saturated heterocycles. The highest BCUT2D eigenvalue weighted by atomic mass is 16.5. The Morgan fingerprint density at radius 2 is 1.65 bits per heavy atom. The molecule has 3 aromatic carbocycles. The predicted molar refractivity (Wildman–Crippen MR) is 134 cm³/mol. The maximum atomic E-state index is 13.3. The number of ether oxygens (including phenoxy) is 1. The first-order valence-electron chi connectivity index (χ1n) is 11.9. The second-order valence-corrected chi connectivity index (χ2v) is 9.31. The topological polar surface area (TPSA) is 46.6 Å². The average molecular weight is 452 g/mol. The highest BCUT2D eigenvalue weighted by Crippen LogP contribution is 2.43. The molecule has 0 fully saturated rings. The molecule has 0 N–H and O–H groups in total. The summed E-state index contributed by atoms with van der Waals surface area (Å²) in [6.07, 6.45) is 2.37. The Morgan fingerprint density at radius 3 is 2.38 bits per heavy atom. The number of rotatable bonds is 5. The van der Waals surface area contributed by atoms with Gasteiger partial charge in [-0.05, 0) is 62.1 Å². The van der Waals surface area contributed by atoms with E-state index in [9.17, 15) is 9.59 Å². The largest absolute Gasteiger partial charge is 0.489 e. The SMILES string of the molecule is Cc1ccc(N2C(=O)CC(c3ccc(OCc4cccc(C)c4)cc3)C3=C2CCCC3=O)cc1. The molecule has 0 saturated carbocycles. The molecule has 1 unspecified atom stereocenters. The van der Waals surface area contributed by atoms with Crippen molar-refractivity contribution in [2.45, 2.75) is 52.1 Å². The van der Waals surface area contributed by atoms with E-state index < -0.39 is 0 Å². The lowest BCUT2D eigenvalue weighted by Crippen LogP contribution is -2.40. The molecular weight excluding hydrogens is 422 g/mol. The number of allylic oxidation sites excluding steroid dienone is 2. The standard InChI is InChI=1S/C30H29NO3/c1-20-9-13-24(14-10-20)31-27-7-4-8-28(32)30(27)26(18-29(31)33)23-11-15-25(16-12-23)34-19-22-6-3-5-21(2)17-22/h3,5-6,9-17,26H,4,7-8,18-19H2,1-2H3. The van der Waals surface area contributed by atoms with Crippen LogP contribution in [0.4, 0.5) is 5.69 Å². The fraction of sp³-hybridized carbons (Fsp3) is 0.267. The van der Waals surface area contributed by atoms with Gasteiger partial charge in [0.25, 0.3) is 0 Å². The Hall–Kier alpha value is -3.66. The van der Waals surface area contributed by atoms with Gasteiger partial charge in [-0.2, -0.15) is 0 Å². The Kier molecular flexibility index (Phi) is 6.06. The van der Waals surface area contributed by atoms with E-state index in [0.29, 0.717) is 19.4 Å². The van der Waals surface area contributed by atoms with Gasteiger partial charge in [-0.15, -0.1) is 0 Å². The predicted octanol–water partition coefficient (Wildman–Crippen LogP) is 6.41. The number of amides is 1. The number of hydrogen-bond donors (Lipinski definition) is 0. The summed E-state index contributed by atoms with van der Waals surface area (Å²) >= 11 is 0. The molecule has 5 rings (SSSR count). The van der Waals surface area contributed by atoms with Gasteiger partial charge in [-0.3, -0.25) is 14.5 Å². The minimum atomic E-state index is -0.206. The van der Waals surface area contributed by atoms with Gasteiger partial charge in [-0.1, -0.05) is 59.7 Å². The summed E-state index contributed by atoms with van der Waals surface area (Å²) in [5.41, 5.74) is 6.99. The van der Waals surface area contributed by atoms with Crippen molar-refractivity contribution in [3.63, 3.8) is 0 Å². The molecule has 4 nitrogen and oxygen atoms in total. The van der Waals surface area contributed by atoms with Gasteiger partial charge in [0, 0.05) is 35.7 Å². The number of aryl methyl sites for hydroxylation is 2. The lowest BCUT2D eigenvalue weighted by molar-refractivity contribution is -0.119. The van der Waals surface area contributed by atoms with Crippen molar-refractivity contribution in [2.24, 2.45) is 0 Å². The number of carbonyl (C=O) groups is 2. The fourth-order valence-electron chi connectivity index (χ4n) is 5.04. The molecule has 0 spiro atoms. The van der Waals surface area contributed by atoms with Crippen LogP contribution in [0.2, 0.25) is 0 Å². The van der Waals surface area contributed by atoms with Gasteiger partial charge in [0.15, 0.2) is 5.78 Å². The van der Waals surface area contributed by atoms with Gasteiger partial charge in [0.05, 0.1) is 0 Å². The molecule has 4 heteroatoms. The van der Waals surface area contributed by atoms with E-state index in [1.165, 1.54) is 5.56 Å². The second kappa shape index (κ2) is 9.30. The summed E-state index contributed by atoms with van der Waals surface area (Å²) in [6, 6.07) is 24.1. The summed E-state index contributed by atoms with van der Waals surface area (Å²) in [4.78, 5) is 28.2. The zero-order valence-corrected chi connectivity index (χ0v) is 19.7. The summed E-state index contributed by atoms with van der Waals surface area (Å²) in [5, 5.41) is 0. The van der Waals surface area contributed by atoms with Gasteiger partial charge in [-0.25, -0.2) is 0 Å². The third kappa shape index (κ3) is 4.41. The van der Waals surface area contributed by atoms with E-state index in [4.69, 9.17) is 4.74 Å². The van der Waals surface area contributed by atoms with Crippen LogP contribution in [0.5, 0.6) is 5.75 Å². The Labute approximate surface area is 200 Å². The van der Waals surface area contributed by atoms with Crippen LogP contribution < -0.4 is 9.64 Å². The quantitative estimate of drug-likeness (QED) is 0.450. The normalized spacial score (nSPS) is 18.2. The molecule has 1 aliphatic heterocycles. The van der Waals surface area contributed by atoms with Crippen LogP contribution in [0.1, 0.15) is 53.9 Å². The highest BCUT2D eigenvalue weighted by molar-refractivity contribution is 6.07. The lowest BCUT2D eigenvalue weighted by Gasteiger charge is -2.38. The van der Waals surface area contributed by atoms with E-state index in [1.54, 1.807) is 4.90 Å². The summed E-state index contributed by atoms with van der Waals surface area (Å²) in [7, 11) is 0. The monoisotopic (exact) mass is 451 g/mol. The zero-order valence-electron chi connectivity index (χ0n) is 19.7. The smallest absolute Gasteiger partial charge is 0.232 e. The summed E-state index contributed by atoms with van der Waals surface area (Å²) in [6.45, 7) is 4.60. The summed E-state index contributed by atoms with van der Waals surface area (Å²) in [5.74, 6) is 0.776. The van der Waals surface area contributed by atoms with Gasteiger partial charge < -0.3 is 4.74 Å². The van der Waals surface area contributed by atoms with Crippen LogP contribution in [-0.4, -0.2) is 11.7 Å². The van der Waals surface area contributed by atoms with Gasteiger partial charge in [0.2, 0.25) is 5.91 Å². The fourth-order valence-corrected chi connectivity index (χ4v) is 5.04. The molecule has 2 aliphatic rings. The van der Waals surface area contributed by atoms with E-state index in [2.05, 4.69) is 25.1 Å². The minimum absolute atomic E-state index is 0.0436. The molecule has 0 radical (unpaired) electrons. The lowest BCUT2D eigenvalue weighted by atomic mass is 9.77. The number of ketones is 1. The van der Waals surface area contributed by atoms with Crippen molar-refractivity contribution >= 4 is 17.4 Å². The van der Waals surface area contributed by atoms with Crippen molar-refractivity contribution < 1.29 is 14.3 Å². The van der Waals surface area contributed by atoms with Crippen LogP contribution in [0.3, 0.4) is 0 Å². The zero-order chi connectivity index (χ0) is 23.7. The van der Waals surface area contributed by atoms with Crippen LogP contribution in [0.25, 0.3) is 0 Å². The maximum absolute atomic E-state index is 13.3. The highest BCUT2D eigenvalue weighted by Gasteiger charge is 2.39. The minimum Gasteiger partial charge on any atom is -0.489 e. The second-order valence-electron chi connectivity index (χ2n) is 9.31. The Morgan fingerprint density at radius 1 is 0.882 bits per heavy atom. The van der Waals surface area contributed by atoms with Crippen LogP contribution in [0.15, 0.2) is 84.1 Å². The molecule has 172 valence electrons. The van der Waals surface area contributed by atoms with Crippen molar-refractivity contribution in [2.75, 3.05) is 4.90 Å². The number of carbonyl (C=O) groups excluding carboxylic acids is 2. The molecule has 0 bridgehead atoms. The third-order valence-electron chi connectivity index (χ3n) is 6.74. The molecule has 1 atom stereocenters. The van der Waals surface area contributed by atoms with Crippen LogP contribution in [0, 0.1) is 13.8 Å².